The minimum atomic E-state index is 0.427. The molecule has 2 atom stereocenters. The number of aromatic nitrogens is 2. The molecule has 2 unspecified atom stereocenters. The van der Waals surface area contributed by atoms with Gasteiger partial charge in [0, 0.05) is 18.5 Å². The summed E-state index contributed by atoms with van der Waals surface area (Å²) < 4.78 is 7.63. The largest absolute Gasteiger partial charge is 0.493 e. The zero-order chi connectivity index (χ0) is 15.4. The second kappa shape index (κ2) is 7.27. The predicted molar refractivity (Wildman–Crippen MR) is 85.9 cm³/mol. The van der Waals surface area contributed by atoms with Gasteiger partial charge in [-0.05, 0) is 39.4 Å². The van der Waals surface area contributed by atoms with Crippen molar-refractivity contribution in [2.24, 2.45) is 5.92 Å². The monoisotopic (exact) mass is 294 g/mol. The van der Waals surface area contributed by atoms with Crippen molar-refractivity contribution in [1.29, 1.82) is 0 Å². The first-order valence-electron chi connectivity index (χ1n) is 8.00. The summed E-state index contributed by atoms with van der Waals surface area (Å²) >= 11 is 0. The minimum Gasteiger partial charge on any atom is -0.493 e. The van der Waals surface area contributed by atoms with E-state index in [1.807, 2.05) is 6.20 Å². The Balaban J connectivity index is 2.04. The zero-order valence-electron chi connectivity index (χ0n) is 14.1. The molecule has 0 aliphatic heterocycles. The predicted octanol–water partition coefficient (Wildman–Crippen LogP) is 1.94. The molecule has 0 amide bonds. The summed E-state index contributed by atoms with van der Waals surface area (Å²) in [6, 6.07) is 0.764. The maximum absolute atomic E-state index is 5.52. The van der Waals surface area contributed by atoms with Gasteiger partial charge in [0.1, 0.15) is 0 Å². The number of likely N-dealkylation sites (N-methyl/N-ethyl adjacent to an activating group) is 1. The van der Waals surface area contributed by atoms with Gasteiger partial charge in [-0.25, -0.2) is 0 Å². The van der Waals surface area contributed by atoms with Crippen LogP contribution < -0.4 is 10.1 Å². The summed E-state index contributed by atoms with van der Waals surface area (Å²) in [5.41, 5.74) is 1.23. The summed E-state index contributed by atoms with van der Waals surface area (Å²) in [6.07, 6.45) is 4.53. The molecule has 5 heteroatoms. The van der Waals surface area contributed by atoms with Gasteiger partial charge in [0.05, 0.1) is 25.5 Å². The van der Waals surface area contributed by atoms with E-state index in [1.165, 1.54) is 18.5 Å². The lowest BCUT2D eigenvalue weighted by atomic mass is 9.92. The molecule has 1 N–H and O–H groups in total. The van der Waals surface area contributed by atoms with E-state index < -0.39 is 0 Å². The molecule has 1 aromatic heterocycles. The van der Waals surface area contributed by atoms with Gasteiger partial charge in [-0.1, -0.05) is 13.8 Å². The van der Waals surface area contributed by atoms with Crippen LogP contribution in [0.2, 0.25) is 0 Å². The molecule has 1 fully saturated rings. The second-order valence-corrected chi connectivity index (χ2v) is 6.57. The van der Waals surface area contributed by atoms with Crippen LogP contribution in [-0.2, 0) is 6.54 Å². The summed E-state index contributed by atoms with van der Waals surface area (Å²) in [7, 11) is 5.91. The number of nitrogens with one attached hydrogen (secondary N) is 1. The molecule has 1 aliphatic carbocycles. The molecule has 1 aromatic rings. The highest BCUT2D eigenvalue weighted by Gasteiger charge is 2.26. The van der Waals surface area contributed by atoms with Crippen molar-refractivity contribution in [3.8, 4) is 5.75 Å². The fourth-order valence-corrected chi connectivity index (χ4v) is 2.55. The first kappa shape index (κ1) is 16.3. The van der Waals surface area contributed by atoms with Crippen molar-refractivity contribution in [2.75, 3.05) is 34.3 Å². The fraction of sp³-hybridized carbons (Fsp3) is 0.812. The van der Waals surface area contributed by atoms with Crippen LogP contribution >= 0.6 is 0 Å². The highest BCUT2D eigenvalue weighted by Crippen LogP contribution is 2.32. The zero-order valence-corrected chi connectivity index (χ0v) is 14.1. The van der Waals surface area contributed by atoms with Crippen LogP contribution in [0.5, 0.6) is 5.75 Å². The minimum absolute atomic E-state index is 0.427. The number of nitrogens with zero attached hydrogens (tertiary/aromatic N) is 3. The average molecular weight is 294 g/mol. The molecule has 1 heterocycles. The smallest absolute Gasteiger partial charge is 0.160 e. The molecule has 21 heavy (non-hydrogen) atoms. The van der Waals surface area contributed by atoms with E-state index >= 15 is 0 Å². The van der Waals surface area contributed by atoms with Gasteiger partial charge < -0.3 is 15.0 Å². The molecule has 5 nitrogen and oxygen atoms in total. The van der Waals surface area contributed by atoms with Crippen LogP contribution in [0.25, 0.3) is 0 Å². The third-order valence-corrected chi connectivity index (χ3v) is 4.41. The molecule has 2 rings (SSSR count). The van der Waals surface area contributed by atoms with Crippen LogP contribution in [0.4, 0.5) is 0 Å². The maximum Gasteiger partial charge on any atom is 0.160 e. The topological polar surface area (TPSA) is 42.3 Å². The van der Waals surface area contributed by atoms with E-state index in [4.69, 9.17) is 4.74 Å². The fourth-order valence-electron chi connectivity index (χ4n) is 2.55. The number of methoxy groups -OCH3 is 1. The number of hydrogen-bond acceptors (Lipinski definition) is 4. The van der Waals surface area contributed by atoms with E-state index in [0.717, 1.165) is 31.4 Å². The third-order valence-electron chi connectivity index (χ3n) is 4.41. The van der Waals surface area contributed by atoms with Crippen LogP contribution in [0.15, 0.2) is 6.20 Å². The van der Waals surface area contributed by atoms with Crippen molar-refractivity contribution >= 4 is 0 Å². The summed E-state index contributed by atoms with van der Waals surface area (Å²) in [6.45, 7) is 7.54. The molecular weight excluding hydrogens is 264 g/mol. The van der Waals surface area contributed by atoms with Crippen molar-refractivity contribution in [3.63, 3.8) is 0 Å². The SMILES string of the molecule is COc1cnn(CCN(C)C)c1C(C)C(C)CNC1CC1. The quantitative estimate of drug-likeness (QED) is 0.756. The summed E-state index contributed by atoms with van der Waals surface area (Å²) in [5.74, 6) is 1.91. The van der Waals surface area contributed by atoms with Crippen molar-refractivity contribution in [1.82, 2.24) is 20.0 Å². The Morgan fingerprint density at radius 2 is 2.14 bits per heavy atom. The molecule has 0 bridgehead atoms. The van der Waals surface area contributed by atoms with E-state index in [0.29, 0.717) is 11.8 Å². The average Bonchev–Trinajstić information content (AvgIpc) is 3.20. The van der Waals surface area contributed by atoms with Crippen LogP contribution in [0, 0.1) is 5.92 Å². The first-order chi connectivity index (χ1) is 10.0. The van der Waals surface area contributed by atoms with E-state index in [1.54, 1.807) is 7.11 Å². The molecule has 0 saturated heterocycles. The van der Waals surface area contributed by atoms with Gasteiger partial charge in [-0.3, -0.25) is 4.68 Å². The summed E-state index contributed by atoms with van der Waals surface area (Å²) in [4.78, 5) is 2.18. The second-order valence-electron chi connectivity index (χ2n) is 6.57. The van der Waals surface area contributed by atoms with Crippen molar-refractivity contribution in [2.45, 2.75) is 45.2 Å². The van der Waals surface area contributed by atoms with Crippen LogP contribution in [0.1, 0.15) is 38.3 Å². The molecular formula is C16H30N4O. The standard InChI is InChI=1S/C16H30N4O/c1-12(10-17-14-6-7-14)13(2)16-15(21-5)11-18-20(16)9-8-19(3)4/h11-14,17H,6-10H2,1-5H3. The third kappa shape index (κ3) is 4.45. The Hall–Kier alpha value is -1.07. The van der Waals surface area contributed by atoms with Gasteiger partial charge in [-0.2, -0.15) is 5.10 Å². The van der Waals surface area contributed by atoms with E-state index in [9.17, 15) is 0 Å². The summed E-state index contributed by atoms with van der Waals surface area (Å²) in [5, 5.41) is 8.14. The van der Waals surface area contributed by atoms with Gasteiger partial charge in [0.15, 0.2) is 5.75 Å². The lowest BCUT2D eigenvalue weighted by Crippen LogP contribution is -2.28. The number of ether oxygens (including phenoxy) is 1. The van der Waals surface area contributed by atoms with Gasteiger partial charge in [0.2, 0.25) is 0 Å². The normalized spacial score (nSPS) is 18.0. The lowest BCUT2D eigenvalue weighted by Gasteiger charge is -2.23. The molecule has 0 aromatic carbocycles. The first-order valence-corrected chi connectivity index (χ1v) is 8.00. The lowest BCUT2D eigenvalue weighted by molar-refractivity contribution is 0.347. The molecule has 120 valence electrons. The Labute approximate surface area is 128 Å². The molecule has 1 saturated carbocycles. The van der Waals surface area contributed by atoms with Gasteiger partial charge >= 0.3 is 0 Å². The maximum atomic E-state index is 5.52. The van der Waals surface area contributed by atoms with E-state index in [-0.39, 0.29) is 0 Å². The van der Waals surface area contributed by atoms with Crippen molar-refractivity contribution < 1.29 is 4.74 Å². The molecule has 0 radical (unpaired) electrons. The highest BCUT2D eigenvalue weighted by molar-refractivity contribution is 5.29. The number of hydrogen-bond donors (Lipinski definition) is 1. The molecule has 1 aliphatic rings. The van der Waals surface area contributed by atoms with Crippen molar-refractivity contribution in [3.05, 3.63) is 11.9 Å². The van der Waals surface area contributed by atoms with Gasteiger partial charge in [-0.15, -0.1) is 0 Å². The Morgan fingerprint density at radius 3 is 2.71 bits per heavy atom. The van der Waals surface area contributed by atoms with E-state index in [2.05, 4.69) is 47.9 Å². The highest BCUT2D eigenvalue weighted by atomic mass is 16.5. The Morgan fingerprint density at radius 1 is 1.43 bits per heavy atom. The Bertz CT molecular complexity index is 439. The Kier molecular flexibility index (Phi) is 5.65. The van der Waals surface area contributed by atoms with Gasteiger partial charge in [0.25, 0.3) is 0 Å². The molecule has 0 spiro atoms. The number of rotatable bonds is 9. The van der Waals surface area contributed by atoms with Crippen LogP contribution in [-0.4, -0.2) is 55.0 Å². The van der Waals surface area contributed by atoms with Crippen LogP contribution in [0.3, 0.4) is 0 Å².